The van der Waals surface area contributed by atoms with Crippen molar-refractivity contribution in [3.63, 3.8) is 0 Å². The summed E-state index contributed by atoms with van der Waals surface area (Å²) in [6, 6.07) is 16.6. The highest BCUT2D eigenvalue weighted by atomic mass is 32.2. The van der Waals surface area contributed by atoms with Gasteiger partial charge in [0.2, 0.25) is 10.0 Å². The molecule has 6 nitrogen and oxygen atoms in total. The molecule has 1 fully saturated rings. The molecule has 4 rings (SSSR count). The SMILES string of the molecule is O=C(C[NH+]1CCN(S(=O)(=O)c2ccccc2)CC1)N1CCc2ccccc21. The lowest BCUT2D eigenvalue weighted by molar-refractivity contribution is -0.895. The lowest BCUT2D eigenvalue weighted by Gasteiger charge is -2.32. The van der Waals surface area contributed by atoms with E-state index in [-0.39, 0.29) is 5.91 Å². The van der Waals surface area contributed by atoms with E-state index in [1.54, 1.807) is 24.3 Å². The van der Waals surface area contributed by atoms with E-state index in [0.717, 1.165) is 23.6 Å². The minimum absolute atomic E-state index is 0.120. The van der Waals surface area contributed by atoms with Crippen LogP contribution in [0.25, 0.3) is 0 Å². The fraction of sp³-hybridized carbons (Fsp3) is 0.350. The molecule has 0 radical (unpaired) electrons. The highest BCUT2D eigenvalue weighted by molar-refractivity contribution is 7.89. The van der Waals surface area contributed by atoms with Crippen molar-refractivity contribution in [2.24, 2.45) is 0 Å². The largest absolute Gasteiger partial charge is 0.325 e. The molecule has 0 aromatic heterocycles. The maximum absolute atomic E-state index is 12.7. The Balaban J connectivity index is 1.36. The van der Waals surface area contributed by atoms with Gasteiger partial charge in [-0.3, -0.25) is 4.79 Å². The Morgan fingerprint density at radius 1 is 0.926 bits per heavy atom. The predicted octanol–water partition coefficient (Wildman–Crippen LogP) is 0.165. The molecule has 142 valence electrons. The molecule has 7 heteroatoms. The number of fused-ring (bicyclic) bond motifs is 1. The molecule has 1 N–H and O–H groups in total. The van der Waals surface area contributed by atoms with Crippen molar-refractivity contribution in [3.05, 3.63) is 60.2 Å². The summed E-state index contributed by atoms with van der Waals surface area (Å²) < 4.78 is 26.9. The maximum Gasteiger partial charge on any atom is 0.282 e. The van der Waals surface area contributed by atoms with Crippen LogP contribution in [0.3, 0.4) is 0 Å². The van der Waals surface area contributed by atoms with Crippen LogP contribution in [0.5, 0.6) is 0 Å². The summed E-state index contributed by atoms with van der Waals surface area (Å²) in [6.07, 6.45) is 0.903. The summed E-state index contributed by atoms with van der Waals surface area (Å²) in [7, 11) is -3.44. The lowest BCUT2D eigenvalue weighted by atomic mass is 10.2. The number of carbonyl (C=O) groups excluding carboxylic acids is 1. The van der Waals surface area contributed by atoms with Gasteiger partial charge in [-0.1, -0.05) is 36.4 Å². The van der Waals surface area contributed by atoms with Gasteiger partial charge in [0.1, 0.15) is 0 Å². The molecule has 1 amide bonds. The number of nitrogens with one attached hydrogen (secondary N) is 1. The van der Waals surface area contributed by atoms with Crippen LogP contribution in [0.15, 0.2) is 59.5 Å². The van der Waals surface area contributed by atoms with E-state index >= 15 is 0 Å². The Labute approximate surface area is 160 Å². The quantitative estimate of drug-likeness (QED) is 0.815. The van der Waals surface area contributed by atoms with E-state index in [4.69, 9.17) is 0 Å². The van der Waals surface area contributed by atoms with E-state index in [1.165, 1.54) is 9.87 Å². The predicted molar refractivity (Wildman–Crippen MR) is 103 cm³/mol. The summed E-state index contributed by atoms with van der Waals surface area (Å²) in [5.41, 5.74) is 2.24. The molecule has 0 spiro atoms. The molecule has 2 aliphatic rings. The Morgan fingerprint density at radius 3 is 2.33 bits per heavy atom. The van der Waals surface area contributed by atoms with Gasteiger partial charge in [-0.2, -0.15) is 4.31 Å². The molecular weight excluding hydrogens is 362 g/mol. The van der Waals surface area contributed by atoms with Crippen LogP contribution in [0.4, 0.5) is 5.69 Å². The van der Waals surface area contributed by atoms with Crippen molar-refractivity contribution >= 4 is 21.6 Å². The molecule has 2 aliphatic heterocycles. The normalized spacial score (nSPS) is 18.4. The third-order valence-electron chi connectivity index (χ3n) is 5.40. The van der Waals surface area contributed by atoms with Gasteiger partial charge in [0.15, 0.2) is 6.54 Å². The van der Waals surface area contributed by atoms with Crippen molar-refractivity contribution in [1.29, 1.82) is 0 Å². The van der Waals surface area contributed by atoms with E-state index in [2.05, 4.69) is 6.07 Å². The number of para-hydroxylation sites is 1. The van der Waals surface area contributed by atoms with Gasteiger partial charge >= 0.3 is 0 Å². The van der Waals surface area contributed by atoms with Crippen LogP contribution in [0.1, 0.15) is 5.56 Å². The first kappa shape index (κ1) is 18.2. The van der Waals surface area contributed by atoms with Crippen LogP contribution in [0.2, 0.25) is 0 Å². The maximum atomic E-state index is 12.7. The summed E-state index contributed by atoms with van der Waals surface area (Å²) in [5, 5.41) is 0. The van der Waals surface area contributed by atoms with Crippen LogP contribution >= 0.6 is 0 Å². The van der Waals surface area contributed by atoms with E-state index in [9.17, 15) is 13.2 Å². The molecule has 0 unspecified atom stereocenters. The van der Waals surface area contributed by atoms with E-state index in [1.807, 2.05) is 29.2 Å². The molecule has 2 aromatic carbocycles. The molecule has 27 heavy (non-hydrogen) atoms. The first-order valence-electron chi connectivity index (χ1n) is 9.33. The van der Waals surface area contributed by atoms with Crippen molar-refractivity contribution in [1.82, 2.24) is 4.31 Å². The van der Waals surface area contributed by atoms with Crippen LogP contribution in [-0.4, -0.2) is 57.9 Å². The third kappa shape index (κ3) is 3.63. The number of piperazine rings is 1. The fourth-order valence-corrected chi connectivity index (χ4v) is 5.33. The van der Waals surface area contributed by atoms with Crippen molar-refractivity contribution < 1.29 is 18.1 Å². The van der Waals surface area contributed by atoms with Gasteiger partial charge in [0, 0.05) is 12.2 Å². The molecular formula is C20H24N3O3S+. The first-order valence-corrected chi connectivity index (χ1v) is 10.8. The van der Waals surface area contributed by atoms with Crippen LogP contribution < -0.4 is 9.80 Å². The van der Waals surface area contributed by atoms with Gasteiger partial charge < -0.3 is 9.80 Å². The Hall–Kier alpha value is -2.22. The van der Waals surface area contributed by atoms with Gasteiger partial charge in [-0.25, -0.2) is 8.42 Å². The summed E-state index contributed by atoms with van der Waals surface area (Å²) >= 11 is 0. The second-order valence-corrected chi connectivity index (χ2v) is 9.01. The standard InChI is InChI=1S/C20H23N3O3S/c24-20(23-11-10-17-6-4-5-9-19(17)23)16-21-12-14-22(15-13-21)27(25,26)18-7-2-1-3-8-18/h1-9H,10-16H2/p+1. The van der Waals surface area contributed by atoms with Gasteiger partial charge in [0.05, 0.1) is 31.1 Å². The molecule has 0 aliphatic carbocycles. The van der Waals surface area contributed by atoms with Crippen molar-refractivity contribution in [2.75, 3.05) is 44.2 Å². The monoisotopic (exact) mass is 386 g/mol. The number of nitrogens with zero attached hydrogens (tertiary/aromatic N) is 2. The Morgan fingerprint density at radius 2 is 1.59 bits per heavy atom. The van der Waals surface area contributed by atoms with Crippen LogP contribution in [0, 0.1) is 0 Å². The first-order chi connectivity index (χ1) is 13.1. The van der Waals surface area contributed by atoms with Crippen molar-refractivity contribution in [3.8, 4) is 0 Å². The Kier molecular flexibility index (Phi) is 4.99. The zero-order valence-corrected chi connectivity index (χ0v) is 16.0. The smallest absolute Gasteiger partial charge is 0.282 e. The Bertz CT molecular complexity index is 922. The molecule has 2 aromatic rings. The topological polar surface area (TPSA) is 62.1 Å². The molecule has 2 heterocycles. The number of amides is 1. The van der Waals surface area contributed by atoms with Crippen LogP contribution in [-0.2, 0) is 21.2 Å². The highest BCUT2D eigenvalue weighted by Gasteiger charge is 2.33. The van der Waals surface area contributed by atoms with E-state index < -0.39 is 10.0 Å². The summed E-state index contributed by atoms with van der Waals surface area (Å²) in [6.45, 7) is 3.32. The minimum Gasteiger partial charge on any atom is -0.325 e. The number of hydrogen-bond donors (Lipinski definition) is 1. The number of rotatable bonds is 4. The number of carbonyl (C=O) groups is 1. The average molecular weight is 386 g/mol. The summed E-state index contributed by atoms with van der Waals surface area (Å²) in [5.74, 6) is 0.120. The number of hydrogen-bond acceptors (Lipinski definition) is 3. The fourth-order valence-electron chi connectivity index (χ4n) is 3.87. The van der Waals surface area contributed by atoms with Gasteiger partial charge in [-0.05, 0) is 30.2 Å². The minimum atomic E-state index is -3.44. The molecule has 0 atom stereocenters. The van der Waals surface area contributed by atoms with Crippen molar-refractivity contribution in [2.45, 2.75) is 11.3 Å². The molecule has 0 bridgehead atoms. The number of sulfonamides is 1. The van der Waals surface area contributed by atoms with Gasteiger partial charge in [-0.15, -0.1) is 0 Å². The number of quaternary nitrogens is 1. The summed E-state index contributed by atoms with van der Waals surface area (Å²) in [4.78, 5) is 16.1. The highest BCUT2D eigenvalue weighted by Crippen LogP contribution is 2.27. The molecule has 0 saturated carbocycles. The van der Waals surface area contributed by atoms with Gasteiger partial charge in [0.25, 0.3) is 5.91 Å². The zero-order chi connectivity index (χ0) is 18.9. The second kappa shape index (κ2) is 7.42. The number of benzene rings is 2. The number of anilines is 1. The second-order valence-electron chi connectivity index (χ2n) is 7.07. The lowest BCUT2D eigenvalue weighted by Crippen LogP contribution is -3.15. The third-order valence-corrected chi connectivity index (χ3v) is 7.31. The van der Waals surface area contributed by atoms with E-state index in [0.29, 0.717) is 37.6 Å². The average Bonchev–Trinajstić information content (AvgIpc) is 3.13. The molecule has 1 saturated heterocycles. The zero-order valence-electron chi connectivity index (χ0n) is 15.2.